The lowest BCUT2D eigenvalue weighted by Crippen LogP contribution is -2.29. The molecule has 1 aromatic rings. The fraction of sp³-hybridized carbons (Fsp3) is 0.652. The van der Waals surface area contributed by atoms with E-state index >= 15 is 0 Å². The van der Waals surface area contributed by atoms with Gasteiger partial charge in [-0.25, -0.2) is 0 Å². The Labute approximate surface area is 182 Å². The second-order valence-electron chi connectivity index (χ2n) is 7.59. The van der Waals surface area contributed by atoms with E-state index in [-0.39, 0.29) is 24.9 Å². The third-order valence-corrected chi connectivity index (χ3v) is 5.99. The molecule has 172 valence electrons. The fourth-order valence-corrected chi connectivity index (χ4v) is 4.05. The van der Waals surface area contributed by atoms with Crippen LogP contribution in [0.15, 0.2) is 30.3 Å². The average molecular weight is 442 g/mol. The van der Waals surface area contributed by atoms with E-state index in [9.17, 15) is 8.42 Å². The van der Waals surface area contributed by atoms with E-state index in [1.165, 1.54) is 38.5 Å². The number of benzene rings is 1. The summed E-state index contributed by atoms with van der Waals surface area (Å²) in [5.74, 6) is 4.99. The normalized spacial score (nSPS) is 13.0. The summed E-state index contributed by atoms with van der Waals surface area (Å²) in [7, 11) is -3.80. The zero-order valence-corrected chi connectivity index (χ0v) is 19.4. The van der Waals surface area contributed by atoms with Gasteiger partial charge in [-0.2, -0.15) is 18.6 Å². The van der Waals surface area contributed by atoms with Crippen LogP contribution < -0.4 is 10.6 Å². The highest BCUT2D eigenvalue weighted by Crippen LogP contribution is 2.20. The number of hydrogen-bond donors (Lipinski definition) is 1. The first-order valence-corrected chi connectivity index (χ1v) is 12.6. The number of unbranched alkanes of at least 4 members (excludes halogenated alkanes) is 7. The van der Waals surface area contributed by atoms with Gasteiger partial charge in [-0.3, -0.25) is 0 Å². The molecular weight excluding hydrogens is 402 g/mol. The van der Waals surface area contributed by atoms with Crippen molar-refractivity contribution in [1.82, 2.24) is 0 Å². The molecule has 30 heavy (non-hydrogen) atoms. The molecule has 0 heterocycles. The Morgan fingerprint density at radius 2 is 1.67 bits per heavy atom. The highest BCUT2D eigenvalue weighted by Gasteiger charge is 2.21. The summed E-state index contributed by atoms with van der Waals surface area (Å²) in [6, 6.07) is 7.62. The van der Waals surface area contributed by atoms with Crippen LogP contribution in [0.3, 0.4) is 0 Å². The van der Waals surface area contributed by atoms with Gasteiger partial charge in [-0.15, -0.1) is 0 Å². The van der Waals surface area contributed by atoms with Crippen molar-refractivity contribution in [2.24, 2.45) is 11.8 Å². The maximum absolute atomic E-state index is 11.8. The third kappa shape index (κ3) is 12.3. The van der Waals surface area contributed by atoms with Crippen LogP contribution in [0.5, 0.6) is 5.75 Å². The first-order valence-electron chi connectivity index (χ1n) is 11.1. The van der Waals surface area contributed by atoms with E-state index in [4.69, 9.17) is 15.4 Å². The minimum Gasteiger partial charge on any atom is -0.493 e. The number of ether oxygens (including phenoxy) is 2. The summed E-state index contributed by atoms with van der Waals surface area (Å²) < 4.78 is 39.4. The molecule has 0 saturated carbocycles. The van der Waals surface area contributed by atoms with E-state index < -0.39 is 10.1 Å². The minimum atomic E-state index is -3.80. The van der Waals surface area contributed by atoms with Crippen molar-refractivity contribution in [3.63, 3.8) is 0 Å². The first-order chi connectivity index (χ1) is 14.5. The highest BCUT2D eigenvalue weighted by molar-refractivity contribution is 7.86. The van der Waals surface area contributed by atoms with Gasteiger partial charge in [0.25, 0.3) is 10.1 Å². The van der Waals surface area contributed by atoms with E-state index in [2.05, 4.69) is 11.2 Å². The predicted molar refractivity (Wildman–Crippen MR) is 123 cm³/mol. The topological polar surface area (TPSA) is 87.8 Å². The molecule has 0 aliphatic heterocycles. The number of para-hydroxylation sites is 1. The highest BCUT2D eigenvalue weighted by atomic mass is 32.2. The molecule has 0 aromatic heterocycles. The van der Waals surface area contributed by atoms with Crippen molar-refractivity contribution < 1.29 is 22.2 Å². The van der Waals surface area contributed by atoms with Crippen LogP contribution in [0.2, 0.25) is 0 Å². The van der Waals surface area contributed by atoms with Crippen LogP contribution in [-0.2, 0) is 19.1 Å². The fourth-order valence-electron chi connectivity index (χ4n) is 3.20. The molecular formula is C23H39NO5S. The van der Waals surface area contributed by atoms with Gasteiger partial charge in [-0.05, 0) is 19.4 Å². The van der Waals surface area contributed by atoms with Crippen molar-refractivity contribution in [1.29, 1.82) is 0 Å². The van der Waals surface area contributed by atoms with Gasteiger partial charge in [0.15, 0.2) is 0 Å². The zero-order valence-electron chi connectivity index (χ0n) is 18.6. The maximum Gasteiger partial charge on any atom is 0.283 e. The SMILES string of the molecule is CC=Cc1ccccc1OCC(COCCCCCCCCCC)CS(=O)(=O)ON. The Bertz CT molecular complexity index is 691. The lowest BCUT2D eigenvalue weighted by molar-refractivity contribution is 0.0822. The molecule has 1 rings (SSSR count). The van der Waals surface area contributed by atoms with Gasteiger partial charge in [0.05, 0.1) is 19.0 Å². The van der Waals surface area contributed by atoms with Crippen LogP contribution in [-0.4, -0.2) is 34.0 Å². The summed E-state index contributed by atoms with van der Waals surface area (Å²) in [6.07, 6.45) is 13.7. The summed E-state index contributed by atoms with van der Waals surface area (Å²) in [6.45, 7) is 5.26. The molecule has 2 N–H and O–H groups in total. The van der Waals surface area contributed by atoms with Crippen LogP contribution in [0.4, 0.5) is 0 Å². The van der Waals surface area contributed by atoms with Gasteiger partial charge in [0, 0.05) is 18.1 Å². The van der Waals surface area contributed by atoms with E-state index in [1.54, 1.807) is 0 Å². The van der Waals surface area contributed by atoms with Crippen LogP contribution in [0, 0.1) is 5.92 Å². The summed E-state index contributed by atoms with van der Waals surface area (Å²) in [4.78, 5) is 0. The molecule has 0 bridgehead atoms. The molecule has 1 atom stereocenters. The molecule has 1 unspecified atom stereocenters. The van der Waals surface area contributed by atoms with Gasteiger partial charge in [0.2, 0.25) is 0 Å². The molecule has 0 aliphatic rings. The molecule has 0 aliphatic carbocycles. The molecule has 0 fully saturated rings. The van der Waals surface area contributed by atoms with Crippen molar-refractivity contribution >= 4 is 16.2 Å². The first kappa shape index (κ1) is 26.6. The van der Waals surface area contributed by atoms with Crippen molar-refractivity contribution in [2.45, 2.75) is 65.2 Å². The number of nitrogens with two attached hydrogens (primary N) is 1. The van der Waals surface area contributed by atoms with E-state index in [0.717, 1.165) is 18.4 Å². The Morgan fingerprint density at radius 3 is 2.33 bits per heavy atom. The molecule has 1 aromatic carbocycles. The Hall–Kier alpha value is -1.41. The lowest BCUT2D eigenvalue weighted by Gasteiger charge is -2.18. The van der Waals surface area contributed by atoms with Crippen LogP contribution in [0.25, 0.3) is 6.08 Å². The van der Waals surface area contributed by atoms with Crippen LogP contribution in [0.1, 0.15) is 70.8 Å². The average Bonchev–Trinajstić information content (AvgIpc) is 2.74. The number of hydrogen-bond acceptors (Lipinski definition) is 6. The molecule has 0 saturated heterocycles. The van der Waals surface area contributed by atoms with Gasteiger partial charge in [-0.1, -0.05) is 82.2 Å². The molecule has 7 heteroatoms. The lowest BCUT2D eigenvalue weighted by atomic mass is 10.1. The van der Waals surface area contributed by atoms with Crippen molar-refractivity contribution in [3.05, 3.63) is 35.9 Å². The maximum atomic E-state index is 11.8. The standard InChI is InChI=1S/C23H39NO5S/c1-3-5-6-7-8-9-10-13-17-27-18-21(20-30(25,26)29-24)19-28-23-16-12-11-15-22(23)14-4-2/h4,11-12,14-16,21H,3,5-10,13,17-20,24H2,1-2H3. The largest absolute Gasteiger partial charge is 0.493 e. The van der Waals surface area contributed by atoms with E-state index in [0.29, 0.717) is 12.4 Å². The second-order valence-corrected chi connectivity index (χ2v) is 9.23. The van der Waals surface area contributed by atoms with Crippen molar-refractivity contribution in [2.75, 3.05) is 25.6 Å². The quantitative estimate of drug-likeness (QED) is 0.252. The predicted octanol–water partition coefficient (Wildman–Crippen LogP) is 5.09. The Kier molecular flexibility index (Phi) is 14.5. The summed E-state index contributed by atoms with van der Waals surface area (Å²) in [5, 5.41) is 0. The molecule has 0 amide bonds. The molecule has 6 nitrogen and oxygen atoms in total. The number of allylic oxidation sites excluding steroid dienone is 1. The minimum absolute atomic E-state index is 0.203. The Morgan fingerprint density at radius 1 is 1.00 bits per heavy atom. The van der Waals surface area contributed by atoms with Gasteiger partial charge >= 0.3 is 0 Å². The van der Waals surface area contributed by atoms with Gasteiger partial charge < -0.3 is 9.47 Å². The zero-order chi connectivity index (χ0) is 22.1. The Balaban J connectivity index is 2.42. The second kappa shape index (κ2) is 16.3. The van der Waals surface area contributed by atoms with Crippen molar-refractivity contribution in [3.8, 4) is 5.75 Å². The van der Waals surface area contributed by atoms with Gasteiger partial charge in [0.1, 0.15) is 5.75 Å². The summed E-state index contributed by atoms with van der Waals surface area (Å²) in [5.41, 5.74) is 0.941. The summed E-state index contributed by atoms with van der Waals surface area (Å²) >= 11 is 0. The smallest absolute Gasteiger partial charge is 0.283 e. The third-order valence-electron chi connectivity index (χ3n) is 4.82. The van der Waals surface area contributed by atoms with E-state index in [1.807, 2.05) is 43.3 Å². The molecule has 0 radical (unpaired) electrons. The molecule has 0 spiro atoms. The van der Waals surface area contributed by atoms with Crippen LogP contribution >= 0.6 is 0 Å². The monoisotopic (exact) mass is 441 g/mol. The number of rotatable bonds is 18.